The number of ether oxygens (including phenoxy) is 2. The van der Waals surface area contributed by atoms with Crippen LogP contribution in [0, 0.1) is 5.92 Å². The van der Waals surface area contributed by atoms with Crippen molar-refractivity contribution in [3.63, 3.8) is 0 Å². The van der Waals surface area contributed by atoms with Gasteiger partial charge in [-0.2, -0.15) is 0 Å². The molecule has 1 aromatic rings. The van der Waals surface area contributed by atoms with E-state index in [0.29, 0.717) is 31.0 Å². The zero-order valence-corrected chi connectivity index (χ0v) is 11.7. The van der Waals surface area contributed by atoms with Crippen molar-refractivity contribution in [2.45, 2.75) is 19.3 Å². The third-order valence-corrected chi connectivity index (χ3v) is 3.97. The summed E-state index contributed by atoms with van der Waals surface area (Å²) in [6, 6.07) is 5.50. The molecule has 2 N–H and O–H groups in total. The topological polar surface area (TPSA) is 81.9 Å². The highest BCUT2D eigenvalue weighted by atomic mass is 16.7. The molecule has 0 aromatic heterocycles. The number of primary amides is 1. The predicted molar refractivity (Wildman–Crippen MR) is 74.8 cm³/mol. The van der Waals surface area contributed by atoms with E-state index in [1.165, 1.54) is 0 Å². The van der Waals surface area contributed by atoms with Gasteiger partial charge in [0.05, 0.1) is 12.3 Å². The fourth-order valence-electron chi connectivity index (χ4n) is 2.77. The lowest BCUT2D eigenvalue weighted by Gasteiger charge is -2.31. The van der Waals surface area contributed by atoms with E-state index in [0.717, 1.165) is 18.4 Å². The summed E-state index contributed by atoms with van der Waals surface area (Å²) in [7, 11) is 0. The van der Waals surface area contributed by atoms with Gasteiger partial charge < -0.3 is 20.1 Å². The number of carbonyl (C=O) groups excluding carboxylic acids is 2. The number of benzene rings is 1. The number of hydrogen-bond acceptors (Lipinski definition) is 4. The SMILES string of the molecule is NC(=O)[C@@H]1CCCN(C(=O)Cc2ccc3c(c2)OCO3)C1. The minimum atomic E-state index is -0.324. The molecule has 0 radical (unpaired) electrons. The summed E-state index contributed by atoms with van der Waals surface area (Å²) in [5, 5.41) is 0. The summed E-state index contributed by atoms with van der Waals surface area (Å²) in [5.74, 6) is 0.849. The number of nitrogens with zero attached hydrogens (tertiary/aromatic N) is 1. The number of rotatable bonds is 3. The van der Waals surface area contributed by atoms with Crippen LogP contribution in [-0.2, 0) is 16.0 Å². The van der Waals surface area contributed by atoms with Crippen LogP contribution in [0.2, 0.25) is 0 Å². The Balaban J connectivity index is 1.64. The molecule has 2 aliphatic heterocycles. The minimum absolute atomic E-state index is 0.0137. The summed E-state index contributed by atoms with van der Waals surface area (Å²) in [6.07, 6.45) is 1.88. The van der Waals surface area contributed by atoms with Gasteiger partial charge in [0, 0.05) is 13.1 Å². The molecule has 0 unspecified atom stereocenters. The summed E-state index contributed by atoms with van der Waals surface area (Å²) in [5.41, 5.74) is 6.22. The molecule has 2 aliphatic rings. The number of hydrogen-bond donors (Lipinski definition) is 1. The van der Waals surface area contributed by atoms with Gasteiger partial charge in [-0.1, -0.05) is 6.07 Å². The molecule has 6 heteroatoms. The molecule has 1 saturated heterocycles. The molecule has 1 fully saturated rings. The Hall–Kier alpha value is -2.24. The fraction of sp³-hybridized carbons (Fsp3) is 0.467. The van der Waals surface area contributed by atoms with Crippen LogP contribution >= 0.6 is 0 Å². The Morgan fingerprint density at radius 3 is 2.90 bits per heavy atom. The molecular weight excluding hydrogens is 272 g/mol. The molecule has 0 aliphatic carbocycles. The Morgan fingerprint density at radius 1 is 1.29 bits per heavy atom. The van der Waals surface area contributed by atoms with Gasteiger partial charge in [0.1, 0.15) is 0 Å². The lowest BCUT2D eigenvalue weighted by atomic mass is 9.97. The van der Waals surface area contributed by atoms with Gasteiger partial charge in [0.2, 0.25) is 18.6 Å². The van der Waals surface area contributed by atoms with Gasteiger partial charge >= 0.3 is 0 Å². The predicted octanol–water partition coefficient (Wildman–Crippen LogP) is 0.682. The second-order valence-electron chi connectivity index (χ2n) is 5.45. The Kier molecular flexibility index (Phi) is 3.68. The van der Waals surface area contributed by atoms with Crippen molar-refractivity contribution in [2.24, 2.45) is 11.7 Å². The molecule has 2 heterocycles. The molecule has 1 atom stereocenters. The average molecular weight is 290 g/mol. The van der Waals surface area contributed by atoms with E-state index in [9.17, 15) is 9.59 Å². The van der Waals surface area contributed by atoms with Crippen LogP contribution in [0.4, 0.5) is 0 Å². The highest BCUT2D eigenvalue weighted by Gasteiger charge is 2.27. The zero-order chi connectivity index (χ0) is 14.8. The van der Waals surface area contributed by atoms with Gasteiger partial charge in [-0.05, 0) is 30.5 Å². The number of likely N-dealkylation sites (tertiary alicyclic amines) is 1. The maximum absolute atomic E-state index is 12.3. The van der Waals surface area contributed by atoms with Crippen LogP contribution in [0.5, 0.6) is 11.5 Å². The van der Waals surface area contributed by atoms with E-state index in [-0.39, 0.29) is 24.5 Å². The summed E-state index contributed by atoms with van der Waals surface area (Å²) in [6.45, 7) is 1.34. The van der Waals surface area contributed by atoms with Crippen molar-refractivity contribution < 1.29 is 19.1 Å². The zero-order valence-electron chi connectivity index (χ0n) is 11.7. The van der Waals surface area contributed by atoms with E-state index in [2.05, 4.69) is 0 Å². The average Bonchev–Trinajstić information content (AvgIpc) is 2.95. The number of amides is 2. The second kappa shape index (κ2) is 5.63. The fourth-order valence-corrected chi connectivity index (χ4v) is 2.77. The van der Waals surface area contributed by atoms with Crippen LogP contribution in [-0.4, -0.2) is 36.6 Å². The quantitative estimate of drug-likeness (QED) is 0.887. The smallest absolute Gasteiger partial charge is 0.231 e. The highest BCUT2D eigenvalue weighted by Crippen LogP contribution is 2.32. The monoisotopic (exact) mass is 290 g/mol. The van der Waals surface area contributed by atoms with E-state index < -0.39 is 0 Å². The van der Waals surface area contributed by atoms with E-state index >= 15 is 0 Å². The van der Waals surface area contributed by atoms with Crippen molar-refractivity contribution in [3.8, 4) is 11.5 Å². The number of carbonyl (C=O) groups is 2. The van der Waals surface area contributed by atoms with Gasteiger partial charge in [-0.3, -0.25) is 9.59 Å². The molecule has 1 aromatic carbocycles. The van der Waals surface area contributed by atoms with Crippen LogP contribution in [0.25, 0.3) is 0 Å². The highest BCUT2D eigenvalue weighted by molar-refractivity contribution is 5.81. The normalized spacial score (nSPS) is 20.4. The molecule has 21 heavy (non-hydrogen) atoms. The number of fused-ring (bicyclic) bond motifs is 1. The first-order valence-corrected chi connectivity index (χ1v) is 7.09. The maximum Gasteiger partial charge on any atom is 0.231 e. The van der Waals surface area contributed by atoms with Crippen molar-refractivity contribution in [1.29, 1.82) is 0 Å². The summed E-state index contributed by atoms with van der Waals surface area (Å²) >= 11 is 0. The number of piperidine rings is 1. The molecule has 2 amide bonds. The van der Waals surface area contributed by atoms with Crippen molar-refractivity contribution in [3.05, 3.63) is 23.8 Å². The van der Waals surface area contributed by atoms with Gasteiger partial charge in [-0.15, -0.1) is 0 Å². The van der Waals surface area contributed by atoms with Gasteiger partial charge in [0.15, 0.2) is 11.5 Å². The van der Waals surface area contributed by atoms with E-state index in [1.807, 2.05) is 18.2 Å². The molecule has 0 saturated carbocycles. The molecule has 3 rings (SSSR count). The molecule has 6 nitrogen and oxygen atoms in total. The second-order valence-corrected chi connectivity index (χ2v) is 5.45. The van der Waals surface area contributed by atoms with Crippen LogP contribution in [0.1, 0.15) is 18.4 Å². The van der Waals surface area contributed by atoms with Crippen LogP contribution in [0.15, 0.2) is 18.2 Å². The largest absolute Gasteiger partial charge is 0.454 e. The summed E-state index contributed by atoms with van der Waals surface area (Å²) in [4.78, 5) is 25.3. The number of nitrogens with two attached hydrogens (primary N) is 1. The minimum Gasteiger partial charge on any atom is -0.454 e. The van der Waals surface area contributed by atoms with Crippen molar-refractivity contribution >= 4 is 11.8 Å². The third-order valence-electron chi connectivity index (χ3n) is 3.97. The summed E-state index contributed by atoms with van der Waals surface area (Å²) < 4.78 is 10.6. The van der Waals surface area contributed by atoms with Crippen molar-refractivity contribution in [2.75, 3.05) is 19.9 Å². The van der Waals surface area contributed by atoms with Gasteiger partial charge in [-0.25, -0.2) is 0 Å². The first kappa shape index (κ1) is 13.7. The standard InChI is InChI=1S/C15H18N2O4/c16-15(19)11-2-1-5-17(8-11)14(18)7-10-3-4-12-13(6-10)21-9-20-12/h3-4,6,11H,1-2,5,7-9H2,(H2,16,19)/t11-/m1/s1. The van der Waals surface area contributed by atoms with E-state index in [4.69, 9.17) is 15.2 Å². The van der Waals surface area contributed by atoms with Crippen LogP contribution < -0.4 is 15.2 Å². The first-order chi connectivity index (χ1) is 10.1. The molecular formula is C15H18N2O4. The Labute approximate surface area is 122 Å². The van der Waals surface area contributed by atoms with E-state index in [1.54, 1.807) is 4.90 Å². The Morgan fingerprint density at radius 2 is 2.10 bits per heavy atom. The first-order valence-electron chi connectivity index (χ1n) is 7.09. The van der Waals surface area contributed by atoms with Gasteiger partial charge in [0.25, 0.3) is 0 Å². The van der Waals surface area contributed by atoms with Crippen molar-refractivity contribution in [1.82, 2.24) is 4.90 Å². The molecule has 0 spiro atoms. The lowest BCUT2D eigenvalue weighted by molar-refractivity contribution is -0.134. The lowest BCUT2D eigenvalue weighted by Crippen LogP contribution is -2.44. The maximum atomic E-state index is 12.3. The Bertz CT molecular complexity index is 573. The molecule has 112 valence electrons. The molecule has 0 bridgehead atoms. The third kappa shape index (κ3) is 2.94. The van der Waals surface area contributed by atoms with Crippen LogP contribution in [0.3, 0.4) is 0 Å².